The molecule has 150 valence electrons. The smallest absolute Gasteiger partial charge is 0.325 e. The molecule has 1 unspecified atom stereocenters. The van der Waals surface area contributed by atoms with Gasteiger partial charge in [0.15, 0.2) is 0 Å². The van der Waals surface area contributed by atoms with Crippen LogP contribution in [0.5, 0.6) is 0 Å². The summed E-state index contributed by atoms with van der Waals surface area (Å²) in [5, 5.41) is 2.92. The van der Waals surface area contributed by atoms with Crippen molar-refractivity contribution < 1.29 is 14.4 Å². The van der Waals surface area contributed by atoms with Crippen molar-refractivity contribution >= 4 is 17.8 Å². The van der Waals surface area contributed by atoms with Crippen LogP contribution in [0.25, 0.3) is 0 Å². The number of nitrogens with one attached hydrogen (secondary N) is 1. The fourth-order valence-corrected chi connectivity index (χ4v) is 5.04. The van der Waals surface area contributed by atoms with Crippen LogP contribution < -0.4 is 5.32 Å². The van der Waals surface area contributed by atoms with Crippen molar-refractivity contribution in [3.8, 4) is 0 Å². The minimum atomic E-state index is -0.788. The van der Waals surface area contributed by atoms with Gasteiger partial charge in [0.1, 0.15) is 12.1 Å². The summed E-state index contributed by atoms with van der Waals surface area (Å²) >= 11 is 0. The van der Waals surface area contributed by atoms with Crippen LogP contribution in [-0.2, 0) is 16.0 Å². The number of amides is 4. The molecule has 2 fully saturated rings. The fraction of sp³-hybridized carbons (Fsp3) is 0.591. The highest BCUT2D eigenvalue weighted by molar-refractivity contribution is 6.09. The van der Waals surface area contributed by atoms with E-state index < -0.39 is 11.6 Å². The van der Waals surface area contributed by atoms with Crippen LogP contribution in [0.1, 0.15) is 68.5 Å². The summed E-state index contributed by atoms with van der Waals surface area (Å²) in [6.45, 7) is -0.179. The number of urea groups is 1. The number of imide groups is 1. The maximum Gasteiger partial charge on any atom is 0.325 e. The number of aryl methyl sites for hydroxylation is 1. The van der Waals surface area contributed by atoms with Crippen LogP contribution in [0.2, 0.25) is 0 Å². The molecule has 1 atom stereocenters. The number of carbonyl (C=O) groups is 3. The number of benzene rings is 1. The second-order valence-corrected chi connectivity index (χ2v) is 8.43. The first-order chi connectivity index (χ1) is 13.5. The Morgan fingerprint density at radius 3 is 2.61 bits per heavy atom. The van der Waals surface area contributed by atoms with E-state index in [9.17, 15) is 14.4 Å². The molecule has 1 heterocycles. The van der Waals surface area contributed by atoms with Gasteiger partial charge in [-0.15, -0.1) is 0 Å². The topological polar surface area (TPSA) is 69.7 Å². The van der Waals surface area contributed by atoms with Crippen molar-refractivity contribution in [1.29, 1.82) is 0 Å². The third kappa shape index (κ3) is 3.29. The number of hydrogen-bond donors (Lipinski definition) is 1. The van der Waals surface area contributed by atoms with E-state index >= 15 is 0 Å². The Labute approximate surface area is 166 Å². The predicted molar refractivity (Wildman–Crippen MR) is 106 cm³/mol. The summed E-state index contributed by atoms with van der Waals surface area (Å²) in [6, 6.07) is 7.82. The standard InChI is InChI=1S/C22H29N3O3/c1-24(18-12-8-10-16-9-4-5-11-17(16)18)19(26)15-25-20(27)22(23-21(25)28)13-6-2-3-7-14-22/h4-5,9,11,18H,2-3,6-8,10,12-15H2,1H3,(H,23,28). The largest absolute Gasteiger partial charge is 0.337 e. The molecule has 1 aromatic rings. The lowest BCUT2D eigenvalue weighted by molar-refractivity contribution is -0.139. The number of carbonyl (C=O) groups excluding carboxylic acids is 3. The molecular weight excluding hydrogens is 354 g/mol. The van der Waals surface area contributed by atoms with Crippen LogP contribution >= 0.6 is 0 Å². The molecule has 2 aliphatic carbocycles. The van der Waals surface area contributed by atoms with Gasteiger partial charge in [-0.1, -0.05) is 49.9 Å². The van der Waals surface area contributed by atoms with Gasteiger partial charge in [0.2, 0.25) is 5.91 Å². The Balaban J connectivity index is 1.48. The Kier molecular flexibility index (Phi) is 5.13. The molecule has 0 radical (unpaired) electrons. The number of rotatable bonds is 3. The van der Waals surface area contributed by atoms with Crippen molar-refractivity contribution in [3.05, 3.63) is 35.4 Å². The molecule has 6 heteroatoms. The van der Waals surface area contributed by atoms with Crippen molar-refractivity contribution in [3.63, 3.8) is 0 Å². The van der Waals surface area contributed by atoms with Gasteiger partial charge in [-0.3, -0.25) is 14.5 Å². The minimum Gasteiger partial charge on any atom is -0.337 e. The van der Waals surface area contributed by atoms with Gasteiger partial charge in [0.05, 0.1) is 6.04 Å². The molecule has 4 rings (SSSR count). The number of likely N-dealkylation sites (N-methyl/N-ethyl adjacent to an activating group) is 1. The van der Waals surface area contributed by atoms with Crippen molar-refractivity contribution in [1.82, 2.24) is 15.1 Å². The van der Waals surface area contributed by atoms with Gasteiger partial charge < -0.3 is 10.2 Å². The van der Waals surface area contributed by atoms with E-state index in [1.54, 1.807) is 11.9 Å². The van der Waals surface area contributed by atoms with Gasteiger partial charge in [0.25, 0.3) is 5.91 Å². The SMILES string of the molecule is CN(C(=O)CN1C(=O)NC2(CCCCCC2)C1=O)C1CCCc2ccccc21. The van der Waals surface area contributed by atoms with Crippen LogP contribution in [-0.4, -0.2) is 46.8 Å². The lowest BCUT2D eigenvalue weighted by Crippen LogP contribution is -2.47. The quantitative estimate of drug-likeness (QED) is 0.815. The van der Waals surface area contributed by atoms with Gasteiger partial charge in [0, 0.05) is 7.05 Å². The molecule has 1 saturated carbocycles. The molecule has 3 aliphatic rings. The molecule has 1 aliphatic heterocycles. The second-order valence-electron chi connectivity index (χ2n) is 8.43. The van der Waals surface area contributed by atoms with Crippen LogP contribution in [0, 0.1) is 0 Å². The summed E-state index contributed by atoms with van der Waals surface area (Å²) in [5.41, 5.74) is 1.68. The summed E-state index contributed by atoms with van der Waals surface area (Å²) < 4.78 is 0. The molecule has 28 heavy (non-hydrogen) atoms. The van der Waals surface area contributed by atoms with E-state index in [2.05, 4.69) is 17.4 Å². The Bertz CT molecular complexity index is 783. The van der Waals surface area contributed by atoms with E-state index in [-0.39, 0.29) is 24.4 Å². The first-order valence-corrected chi connectivity index (χ1v) is 10.5. The highest BCUT2D eigenvalue weighted by Crippen LogP contribution is 2.35. The Morgan fingerprint density at radius 2 is 1.86 bits per heavy atom. The molecule has 1 saturated heterocycles. The highest BCUT2D eigenvalue weighted by atomic mass is 16.2. The van der Waals surface area contributed by atoms with Gasteiger partial charge in [-0.2, -0.15) is 0 Å². The first kappa shape index (κ1) is 19.0. The molecular formula is C22H29N3O3. The molecule has 0 aromatic heterocycles. The van der Waals surface area contributed by atoms with E-state index in [0.29, 0.717) is 12.8 Å². The Morgan fingerprint density at radius 1 is 1.14 bits per heavy atom. The number of fused-ring (bicyclic) bond motifs is 1. The van der Waals surface area contributed by atoms with E-state index in [4.69, 9.17) is 0 Å². The van der Waals surface area contributed by atoms with Gasteiger partial charge in [-0.05, 0) is 43.2 Å². The lowest BCUT2D eigenvalue weighted by Gasteiger charge is -2.34. The van der Waals surface area contributed by atoms with E-state index in [0.717, 1.165) is 49.8 Å². The average Bonchev–Trinajstić information content (AvgIpc) is 2.87. The zero-order valence-electron chi connectivity index (χ0n) is 16.6. The Hall–Kier alpha value is -2.37. The van der Waals surface area contributed by atoms with Crippen molar-refractivity contribution in [2.45, 2.75) is 69.4 Å². The second kappa shape index (κ2) is 7.57. The lowest BCUT2D eigenvalue weighted by atomic mass is 9.87. The first-order valence-electron chi connectivity index (χ1n) is 10.5. The maximum atomic E-state index is 13.1. The normalized spacial score (nSPS) is 23.9. The highest BCUT2D eigenvalue weighted by Gasteiger charge is 2.51. The zero-order valence-corrected chi connectivity index (χ0v) is 16.6. The van der Waals surface area contributed by atoms with Crippen molar-refractivity contribution in [2.75, 3.05) is 13.6 Å². The predicted octanol–water partition coefficient (Wildman–Crippen LogP) is 3.17. The molecule has 0 bridgehead atoms. The number of hydrogen-bond acceptors (Lipinski definition) is 3. The summed E-state index contributed by atoms with van der Waals surface area (Å²) in [5.74, 6) is -0.402. The third-order valence-electron chi connectivity index (χ3n) is 6.70. The average molecular weight is 383 g/mol. The zero-order chi connectivity index (χ0) is 19.7. The maximum absolute atomic E-state index is 13.1. The number of nitrogens with zero attached hydrogens (tertiary/aromatic N) is 2. The minimum absolute atomic E-state index is 0.00468. The van der Waals surface area contributed by atoms with Crippen LogP contribution in [0.3, 0.4) is 0 Å². The summed E-state index contributed by atoms with van der Waals surface area (Å²) in [7, 11) is 1.79. The van der Waals surface area contributed by atoms with E-state index in [1.165, 1.54) is 11.1 Å². The molecule has 1 aromatic carbocycles. The van der Waals surface area contributed by atoms with Gasteiger partial charge >= 0.3 is 6.03 Å². The third-order valence-corrected chi connectivity index (χ3v) is 6.70. The molecule has 6 nitrogen and oxygen atoms in total. The fourth-order valence-electron chi connectivity index (χ4n) is 5.04. The van der Waals surface area contributed by atoms with Crippen molar-refractivity contribution in [2.24, 2.45) is 0 Å². The van der Waals surface area contributed by atoms with Crippen LogP contribution in [0.4, 0.5) is 4.79 Å². The molecule has 4 amide bonds. The molecule has 1 N–H and O–H groups in total. The monoisotopic (exact) mass is 383 g/mol. The summed E-state index contributed by atoms with van der Waals surface area (Å²) in [6.07, 6.45) is 8.38. The summed E-state index contributed by atoms with van der Waals surface area (Å²) in [4.78, 5) is 41.4. The van der Waals surface area contributed by atoms with E-state index in [1.807, 2.05) is 12.1 Å². The molecule has 1 spiro atoms. The van der Waals surface area contributed by atoms with Crippen LogP contribution in [0.15, 0.2) is 24.3 Å². The van der Waals surface area contributed by atoms with Gasteiger partial charge in [-0.25, -0.2) is 4.79 Å².